The molecule has 0 radical (unpaired) electrons. The molecule has 0 unspecified atom stereocenters. The molecule has 4 N–H and O–H groups in total. The van der Waals surface area contributed by atoms with Gasteiger partial charge in [-0.25, -0.2) is 0 Å². The van der Waals surface area contributed by atoms with Gasteiger partial charge in [0.25, 0.3) is 5.91 Å². The SMILES string of the molecule is COc1cc(N)ccc1C(=O)N[C@H](CO)c1ccccc1. The van der Waals surface area contributed by atoms with E-state index in [2.05, 4.69) is 5.32 Å². The number of carbonyl (C=O) groups excluding carboxylic acids is 1. The molecule has 2 aromatic rings. The van der Waals surface area contributed by atoms with E-state index in [1.807, 2.05) is 30.3 Å². The van der Waals surface area contributed by atoms with Crippen molar-refractivity contribution in [2.75, 3.05) is 19.5 Å². The summed E-state index contributed by atoms with van der Waals surface area (Å²) in [4.78, 5) is 12.3. The van der Waals surface area contributed by atoms with Crippen LogP contribution in [0.5, 0.6) is 5.75 Å². The normalized spacial score (nSPS) is 11.7. The zero-order valence-corrected chi connectivity index (χ0v) is 11.7. The highest BCUT2D eigenvalue weighted by Gasteiger charge is 2.17. The molecule has 0 saturated heterocycles. The summed E-state index contributed by atoms with van der Waals surface area (Å²) in [6.45, 7) is -0.187. The van der Waals surface area contributed by atoms with Crippen LogP contribution in [0.15, 0.2) is 48.5 Å². The second kappa shape index (κ2) is 6.76. The Labute approximate surface area is 123 Å². The molecular formula is C16H18N2O3. The van der Waals surface area contributed by atoms with E-state index >= 15 is 0 Å². The third kappa shape index (κ3) is 3.52. The molecule has 0 aliphatic heterocycles. The number of amides is 1. The van der Waals surface area contributed by atoms with Crippen molar-refractivity contribution in [1.82, 2.24) is 5.32 Å². The molecule has 0 aromatic heterocycles. The van der Waals surface area contributed by atoms with Gasteiger partial charge in [-0.2, -0.15) is 0 Å². The number of nitrogens with one attached hydrogen (secondary N) is 1. The van der Waals surface area contributed by atoms with E-state index in [-0.39, 0.29) is 12.5 Å². The standard InChI is InChI=1S/C16H18N2O3/c1-21-15-9-12(17)7-8-13(15)16(20)18-14(10-19)11-5-3-2-4-6-11/h2-9,14,19H,10,17H2,1H3,(H,18,20)/t14-/m1/s1. The Kier molecular flexibility index (Phi) is 4.79. The highest BCUT2D eigenvalue weighted by atomic mass is 16.5. The van der Waals surface area contributed by atoms with Gasteiger partial charge in [-0.1, -0.05) is 30.3 Å². The van der Waals surface area contributed by atoms with Gasteiger partial charge in [0.2, 0.25) is 0 Å². The molecule has 0 spiro atoms. The van der Waals surface area contributed by atoms with Crippen LogP contribution in [0.1, 0.15) is 22.0 Å². The molecular weight excluding hydrogens is 268 g/mol. The Bertz CT molecular complexity index is 614. The van der Waals surface area contributed by atoms with E-state index in [4.69, 9.17) is 10.5 Å². The molecule has 21 heavy (non-hydrogen) atoms. The number of ether oxygens (including phenoxy) is 1. The monoisotopic (exact) mass is 286 g/mol. The number of rotatable bonds is 5. The predicted octanol–water partition coefficient (Wildman–Crippen LogP) is 1.74. The lowest BCUT2D eigenvalue weighted by molar-refractivity contribution is 0.0913. The second-order valence-electron chi connectivity index (χ2n) is 4.58. The molecule has 110 valence electrons. The summed E-state index contributed by atoms with van der Waals surface area (Å²) in [5.74, 6) is 0.0759. The van der Waals surface area contributed by atoms with Crippen LogP contribution in [0.3, 0.4) is 0 Å². The van der Waals surface area contributed by atoms with Gasteiger partial charge < -0.3 is 20.9 Å². The van der Waals surface area contributed by atoms with Crippen LogP contribution in [0.4, 0.5) is 5.69 Å². The van der Waals surface area contributed by atoms with Crippen molar-refractivity contribution < 1.29 is 14.6 Å². The highest BCUT2D eigenvalue weighted by molar-refractivity contribution is 5.97. The average Bonchev–Trinajstić information content (AvgIpc) is 2.53. The first-order chi connectivity index (χ1) is 10.2. The van der Waals surface area contributed by atoms with E-state index in [0.717, 1.165) is 5.56 Å². The number of nitrogen functional groups attached to an aromatic ring is 1. The van der Waals surface area contributed by atoms with E-state index in [9.17, 15) is 9.90 Å². The summed E-state index contributed by atoms with van der Waals surface area (Å²) in [5, 5.41) is 12.3. The minimum absolute atomic E-state index is 0.187. The van der Waals surface area contributed by atoms with Gasteiger partial charge in [-0.15, -0.1) is 0 Å². The maximum absolute atomic E-state index is 12.3. The number of hydrogen-bond acceptors (Lipinski definition) is 4. The maximum Gasteiger partial charge on any atom is 0.255 e. The Morgan fingerprint density at radius 1 is 1.29 bits per heavy atom. The lowest BCUT2D eigenvalue weighted by Gasteiger charge is -2.18. The summed E-state index contributed by atoms with van der Waals surface area (Å²) in [7, 11) is 1.48. The number of anilines is 1. The average molecular weight is 286 g/mol. The number of carbonyl (C=O) groups is 1. The molecule has 0 heterocycles. The number of hydrogen-bond donors (Lipinski definition) is 3. The van der Waals surface area contributed by atoms with Crippen molar-refractivity contribution in [1.29, 1.82) is 0 Å². The summed E-state index contributed by atoms with van der Waals surface area (Å²) in [5.41, 5.74) is 7.40. The molecule has 5 nitrogen and oxygen atoms in total. The highest BCUT2D eigenvalue weighted by Crippen LogP contribution is 2.22. The third-order valence-electron chi connectivity index (χ3n) is 3.16. The molecule has 5 heteroatoms. The largest absolute Gasteiger partial charge is 0.496 e. The molecule has 0 aliphatic rings. The van der Waals surface area contributed by atoms with Crippen molar-refractivity contribution in [3.05, 3.63) is 59.7 Å². The first-order valence-corrected chi connectivity index (χ1v) is 6.56. The summed E-state index contributed by atoms with van der Waals surface area (Å²) in [6.07, 6.45) is 0. The van der Waals surface area contributed by atoms with Crippen LogP contribution in [0.25, 0.3) is 0 Å². The van der Waals surface area contributed by atoms with Crippen molar-refractivity contribution in [3.63, 3.8) is 0 Å². The quantitative estimate of drug-likeness (QED) is 0.731. The van der Waals surface area contributed by atoms with Gasteiger partial charge in [0.1, 0.15) is 5.75 Å². The summed E-state index contributed by atoms with van der Waals surface area (Å²) in [6, 6.07) is 13.6. The van der Waals surface area contributed by atoms with Crippen LogP contribution in [0, 0.1) is 0 Å². The zero-order chi connectivity index (χ0) is 15.2. The van der Waals surface area contributed by atoms with Gasteiger partial charge in [-0.05, 0) is 17.7 Å². The minimum atomic E-state index is -0.471. The summed E-state index contributed by atoms with van der Waals surface area (Å²) >= 11 is 0. The van der Waals surface area contributed by atoms with Crippen LogP contribution in [0.2, 0.25) is 0 Å². The number of nitrogens with two attached hydrogens (primary N) is 1. The molecule has 0 bridgehead atoms. The van der Waals surface area contributed by atoms with Crippen LogP contribution in [-0.4, -0.2) is 24.7 Å². The molecule has 1 amide bonds. The van der Waals surface area contributed by atoms with Crippen molar-refractivity contribution in [2.45, 2.75) is 6.04 Å². The van der Waals surface area contributed by atoms with E-state index in [1.54, 1.807) is 18.2 Å². The molecule has 0 saturated carbocycles. The second-order valence-corrected chi connectivity index (χ2v) is 4.58. The summed E-state index contributed by atoms with van der Waals surface area (Å²) < 4.78 is 5.16. The number of methoxy groups -OCH3 is 1. The molecule has 2 rings (SSSR count). The van der Waals surface area contributed by atoms with Gasteiger partial charge >= 0.3 is 0 Å². The fourth-order valence-electron chi connectivity index (χ4n) is 2.05. The predicted molar refractivity (Wildman–Crippen MR) is 81.1 cm³/mol. The molecule has 0 fully saturated rings. The molecule has 1 atom stereocenters. The Balaban J connectivity index is 2.21. The van der Waals surface area contributed by atoms with E-state index in [0.29, 0.717) is 17.0 Å². The fraction of sp³-hybridized carbons (Fsp3) is 0.188. The topological polar surface area (TPSA) is 84.6 Å². The van der Waals surface area contributed by atoms with Crippen molar-refractivity contribution >= 4 is 11.6 Å². The lowest BCUT2D eigenvalue weighted by atomic mass is 10.1. The van der Waals surface area contributed by atoms with E-state index < -0.39 is 6.04 Å². The zero-order valence-electron chi connectivity index (χ0n) is 11.7. The van der Waals surface area contributed by atoms with Gasteiger partial charge in [0.05, 0.1) is 25.3 Å². The van der Waals surface area contributed by atoms with E-state index in [1.165, 1.54) is 7.11 Å². The first-order valence-electron chi connectivity index (χ1n) is 6.56. The Hall–Kier alpha value is -2.53. The Morgan fingerprint density at radius 3 is 2.62 bits per heavy atom. The van der Waals surface area contributed by atoms with Crippen LogP contribution in [-0.2, 0) is 0 Å². The van der Waals surface area contributed by atoms with Crippen molar-refractivity contribution in [2.24, 2.45) is 0 Å². The minimum Gasteiger partial charge on any atom is -0.496 e. The number of benzene rings is 2. The third-order valence-corrected chi connectivity index (χ3v) is 3.16. The van der Waals surface area contributed by atoms with Crippen LogP contribution >= 0.6 is 0 Å². The fourth-order valence-corrected chi connectivity index (χ4v) is 2.05. The number of aliphatic hydroxyl groups is 1. The maximum atomic E-state index is 12.3. The molecule has 2 aromatic carbocycles. The van der Waals surface area contributed by atoms with Gasteiger partial charge in [-0.3, -0.25) is 4.79 Å². The number of aliphatic hydroxyl groups excluding tert-OH is 1. The van der Waals surface area contributed by atoms with Gasteiger partial charge in [0.15, 0.2) is 0 Å². The van der Waals surface area contributed by atoms with Gasteiger partial charge in [0, 0.05) is 11.8 Å². The van der Waals surface area contributed by atoms with Crippen LogP contribution < -0.4 is 15.8 Å². The van der Waals surface area contributed by atoms with Crippen molar-refractivity contribution in [3.8, 4) is 5.75 Å². The smallest absolute Gasteiger partial charge is 0.255 e. The molecule has 0 aliphatic carbocycles. The Morgan fingerprint density at radius 2 is 2.00 bits per heavy atom. The lowest BCUT2D eigenvalue weighted by Crippen LogP contribution is -2.31. The first kappa shape index (κ1) is 14.9.